The maximum absolute atomic E-state index is 12.1. The molecule has 1 amide bonds. The molecule has 1 N–H and O–H groups in total. The van der Waals surface area contributed by atoms with Crippen molar-refractivity contribution in [3.8, 4) is 0 Å². The van der Waals surface area contributed by atoms with E-state index in [2.05, 4.69) is 10.4 Å². The number of imidazole rings is 1. The minimum Gasteiger partial charge on any atom is -0.466 e. The van der Waals surface area contributed by atoms with Gasteiger partial charge in [0.25, 0.3) is 0 Å². The highest BCUT2D eigenvalue weighted by molar-refractivity contribution is 6.04. The standard InChI is InChI=1S/C14H21N3O5/c1-6-21-11(19)7-10(18)12-15-9(2)8-17(12)16-13(20)22-14(3,4)5/h8H,6-7H2,1-5H3,(H,16,20). The van der Waals surface area contributed by atoms with E-state index < -0.39 is 29.9 Å². The maximum atomic E-state index is 12.1. The fraction of sp³-hybridized carbons (Fsp3) is 0.571. The smallest absolute Gasteiger partial charge is 0.427 e. The lowest BCUT2D eigenvalue weighted by Gasteiger charge is -2.20. The van der Waals surface area contributed by atoms with Crippen LogP contribution in [0.4, 0.5) is 4.79 Å². The van der Waals surface area contributed by atoms with Gasteiger partial charge in [-0.2, -0.15) is 0 Å². The number of nitrogens with one attached hydrogen (secondary N) is 1. The van der Waals surface area contributed by atoms with E-state index in [0.29, 0.717) is 5.69 Å². The molecule has 8 nitrogen and oxygen atoms in total. The van der Waals surface area contributed by atoms with Crippen LogP contribution in [0.25, 0.3) is 0 Å². The van der Waals surface area contributed by atoms with E-state index in [4.69, 9.17) is 9.47 Å². The van der Waals surface area contributed by atoms with Crippen LogP contribution in [0, 0.1) is 6.92 Å². The van der Waals surface area contributed by atoms with Crippen LogP contribution >= 0.6 is 0 Å². The van der Waals surface area contributed by atoms with Crippen LogP contribution in [-0.2, 0) is 14.3 Å². The van der Waals surface area contributed by atoms with Crippen molar-refractivity contribution in [2.75, 3.05) is 12.0 Å². The molecule has 0 unspecified atom stereocenters. The van der Waals surface area contributed by atoms with Gasteiger partial charge in [-0.3, -0.25) is 9.59 Å². The molecule has 1 aromatic heterocycles. The number of rotatable bonds is 5. The summed E-state index contributed by atoms with van der Waals surface area (Å²) < 4.78 is 11.0. The summed E-state index contributed by atoms with van der Waals surface area (Å²) in [5, 5.41) is 0. The lowest BCUT2D eigenvalue weighted by atomic mass is 10.2. The number of amides is 1. The Hall–Kier alpha value is -2.38. The summed E-state index contributed by atoms with van der Waals surface area (Å²) in [6, 6.07) is 0. The normalized spacial score (nSPS) is 11.0. The summed E-state index contributed by atoms with van der Waals surface area (Å²) in [4.78, 5) is 39.2. The first kappa shape index (κ1) is 17.7. The van der Waals surface area contributed by atoms with Crippen molar-refractivity contribution in [3.05, 3.63) is 17.7 Å². The monoisotopic (exact) mass is 311 g/mol. The number of Topliss-reactive ketones (excluding diaryl/α,β-unsaturated/α-hetero) is 1. The highest BCUT2D eigenvalue weighted by Gasteiger charge is 2.22. The average molecular weight is 311 g/mol. The molecule has 1 rings (SSSR count). The van der Waals surface area contributed by atoms with Crippen LogP contribution in [0.1, 0.15) is 50.4 Å². The molecular formula is C14H21N3O5. The predicted octanol–water partition coefficient (Wildman–Crippen LogP) is 1.81. The predicted molar refractivity (Wildman–Crippen MR) is 78.1 cm³/mol. The van der Waals surface area contributed by atoms with Gasteiger partial charge in [0, 0.05) is 0 Å². The Bertz CT molecular complexity index is 572. The van der Waals surface area contributed by atoms with Gasteiger partial charge in [-0.05, 0) is 34.6 Å². The minimum atomic E-state index is -0.727. The molecule has 0 aromatic carbocycles. The van der Waals surface area contributed by atoms with Gasteiger partial charge in [0.05, 0.1) is 18.5 Å². The Morgan fingerprint density at radius 1 is 1.32 bits per heavy atom. The largest absolute Gasteiger partial charge is 0.466 e. The van der Waals surface area contributed by atoms with Gasteiger partial charge in [0.15, 0.2) is 5.82 Å². The Kier molecular flexibility index (Phi) is 5.67. The van der Waals surface area contributed by atoms with Gasteiger partial charge in [-0.15, -0.1) is 0 Å². The van der Waals surface area contributed by atoms with E-state index >= 15 is 0 Å². The number of aromatic nitrogens is 2. The molecule has 8 heteroatoms. The molecule has 0 aliphatic heterocycles. The number of ketones is 1. The third-order valence-electron chi connectivity index (χ3n) is 2.30. The van der Waals surface area contributed by atoms with Crippen molar-refractivity contribution >= 4 is 17.8 Å². The first-order valence-electron chi connectivity index (χ1n) is 6.87. The van der Waals surface area contributed by atoms with Gasteiger partial charge in [0.2, 0.25) is 5.78 Å². The molecule has 122 valence electrons. The number of ether oxygens (including phenoxy) is 2. The summed E-state index contributed by atoms with van der Waals surface area (Å²) >= 11 is 0. The van der Waals surface area contributed by atoms with Crippen LogP contribution in [0.3, 0.4) is 0 Å². The van der Waals surface area contributed by atoms with Gasteiger partial charge in [0.1, 0.15) is 12.0 Å². The van der Waals surface area contributed by atoms with Gasteiger partial charge >= 0.3 is 12.1 Å². The van der Waals surface area contributed by atoms with Crippen molar-refractivity contribution in [2.45, 2.75) is 46.6 Å². The second kappa shape index (κ2) is 7.06. The van der Waals surface area contributed by atoms with Crippen LogP contribution < -0.4 is 5.43 Å². The Morgan fingerprint density at radius 2 is 1.95 bits per heavy atom. The molecule has 0 radical (unpaired) electrons. The highest BCUT2D eigenvalue weighted by Crippen LogP contribution is 2.09. The Morgan fingerprint density at radius 3 is 2.50 bits per heavy atom. The number of nitrogens with zero attached hydrogens (tertiary/aromatic N) is 2. The lowest BCUT2D eigenvalue weighted by Crippen LogP contribution is -2.33. The Balaban J connectivity index is 2.83. The fourth-order valence-corrected chi connectivity index (χ4v) is 1.60. The van der Waals surface area contributed by atoms with Crippen LogP contribution in [0.15, 0.2) is 6.20 Å². The number of hydrogen-bond acceptors (Lipinski definition) is 6. The van der Waals surface area contributed by atoms with Crippen molar-refractivity contribution in [1.29, 1.82) is 0 Å². The SMILES string of the molecule is CCOC(=O)CC(=O)c1nc(C)cn1NC(=O)OC(C)(C)C. The summed E-state index contributed by atoms with van der Waals surface area (Å²) in [6.45, 7) is 8.66. The van der Waals surface area contributed by atoms with E-state index in [1.807, 2.05) is 0 Å². The summed E-state index contributed by atoms with van der Waals surface area (Å²) in [7, 11) is 0. The third-order valence-corrected chi connectivity index (χ3v) is 2.30. The second-order valence-electron chi connectivity index (χ2n) is 5.59. The number of carbonyl (C=O) groups excluding carboxylic acids is 3. The van der Waals surface area contributed by atoms with Gasteiger partial charge in [-0.25, -0.2) is 19.9 Å². The first-order valence-corrected chi connectivity index (χ1v) is 6.87. The summed E-state index contributed by atoms with van der Waals surface area (Å²) in [6.07, 6.45) is 0.290. The Labute approximate surface area is 128 Å². The summed E-state index contributed by atoms with van der Waals surface area (Å²) in [5.74, 6) is -1.25. The average Bonchev–Trinajstić information content (AvgIpc) is 2.67. The molecule has 0 spiro atoms. The molecule has 0 fully saturated rings. The zero-order valence-corrected chi connectivity index (χ0v) is 13.4. The van der Waals surface area contributed by atoms with E-state index in [-0.39, 0.29) is 12.4 Å². The minimum absolute atomic E-state index is 0.0589. The maximum Gasteiger partial charge on any atom is 0.427 e. The number of esters is 1. The molecular weight excluding hydrogens is 290 g/mol. The van der Waals surface area contributed by atoms with E-state index in [0.717, 1.165) is 4.68 Å². The summed E-state index contributed by atoms with van der Waals surface area (Å²) in [5.41, 5.74) is 2.24. The quantitative estimate of drug-likeness (QED) is 0.506. The molecule has 22 heavy (non-hydrogen) atoms. The van der Waals surface area contributed by atoms with Crippen LogP contribution in [0.5, 0.6) is 0 Å². The molecule has 0 atom stereocenters. The number of aryl methyl sites for hydroxylation is 1. The van der Waals surface area contributed by atoms with Crippen molar-refractivity contribution in [3.63, 3.8) is 0 Å². The van der Waals surface area contributed by atoms with Crippen molar-refractivity contribution in [1.82, 2.24) is 9.66 Å². The van der Waals surface area contributed by atoms with E-state index in [9.17, 15) is 14.4 Å². The van der Waals surface area contributed by atoms with E-state index in [1.165, 1.54) is 6.20 Å². The molecule has 1 heterocycles. The molecule has 0 saturated heterocycles. The van der Waals surface area contributed by atoms with Gasteiger partial charge in [-0.1, -0.05) is 0 Å². The third kappa shape index (κ3) is 5.55. The van der Waals surface area contributed by atoms with E-state index in [1.54, 1.807) is 34.6 Å². The number of carbonyl (C=O) groups is 3. The highest BCUT2D eigenvalue weighted by atomic mass is 16.6. The second-order valence-corrected chi connectivity index (χ2v) is 5.59. The molecule has 0 saturated carbocycles. The van der Waals surface area contributed by atoms with Crippen molar-refractivity contribution in [2.24, 2.45) is 0 Å². The topological polar surface area (TPSA) is 99.5 Å². The molecule has 0 bridgehead atoms. The molecule has 1 aromatic rings. The zero-order chi connectivity index (χ0) is 16.9. The van der Waals surface area contributed by atoms with Crippen molar-refractivity contribution < 1.29 is 23.9 Å². The zero-order valence-electron chi connectivity index (χ0n) is 13.4. The van der Waals surface area contributed by atoms with Crippen LogP contribution in [0.2, 0.25) is 0 Å². The van der Waals surface area contributed by atoms with Gasteiger partial charge < -0.3 is 9.47 Å². The first-order chi connectivity index (χ1) is 10.1. The van der Waals surface area contributed by atoms with Crippen LogP contribution in [-0.4, -0.2) is 39.7 Å². The lowest BCUT2D eigenvalue weighted by molar-refractivity contribution is -0.141. The molecule has 0 aliphatic rings. The number of hydrogen-bond donors (Lipinski definition) is 1. The molecule has 0 aliphatic carbocycles. The fourth-order valence-electron chi connectivity index (χ4n) is 1.60.